The fourth-order valence-electron chi connectivity index (χ4n) is 4.48. The van der Waals surface area contributed by atoms with Crippen molar-refractivity contribution in [2.45, 2.75) is 31.8 Å². The standard InChI is InChI=1S/C24H23FN6S/c1-30-13-17(19-11-18(25)5-6-21(19)30)14-31-9-3-2-4-22(31)20-15-32-24(28-20)29-23-10-16(12-26)7-8-27-23/h5-8,10-11,13,15,22H,2-4,9,14H2,1H3,(H,27,28,29)/t22-/m0/s1. The third-order valence-corrected chi connectivity index (χ3v) is 6.78. The number of piperidine rings is 1. The Bertz CT molecular complexity index is 1300. The van der Waals surface area contributed by atoms with Crippen molar-refractivity contribution in [2.75, 3.05) is 11.9 Å². The molecule has 8 heteroatoms. The van der Waals surface area contributed by atoms with E-state index in [1.165, 1.54) is 6.07 Å². The number of rotatable bonds is 5. The molecule has 1 atom stereocenters. The molecule has 1 aliphatic rings. The molecular weight excluding hydrogens is 423 g/mol. The Balaban J connectivity index is 1.38. The maximum Gasteiger partial charge on any atom is 0.188 e. The Hall–Kier alpha value is -3.28. The summed E-state index contributed by atoms with van der Waals surface area (Å²) in [7, 11) is 2.01. The van der Waals surface area contributed by atoms with Crippen LogP contribution >= 0.6 is 11.3 Å². The molecule has 162 valence electrons. The summed E-state index contributed by atoms with van der Waals surface area (Å²) in [4.78, 5) is 11.6. The molecule has 32 heavy (non-hydrogen) atoms. The Morgan fingerprint density at radius 2 is 2.19 bits per heavy atom. The van der Waals surface area contributed by atoms with E-state index in [1.807, 2.05) is 13.1 Å². The largest absolute Gasteiger partial charge is 0.350 e. The van der Waals surface area contributed by atoms with Gasteiger partial charge in [-0.1, -0.05) is 6.42 Å². The number of halogens is 1. The fourth-order valence-corrected chi connectivity index (χ4v) is 5.24. The monoisotopic (exact) mass is 446 g/mol. The van der Waals surface area contributed by atoms with Crippen LogP contribution in [0.5, 0.6) is 0 Å². The Morgan fingerprint density at radius 3 is 3.06 bits per heavy atom. The number of benzene rings is 1. The molecule has 5 rings (SSSR count). The maximum absolute atomic E-state index is 13.9. The number of pyridine rings is 1. The molecule has 0 unspecified atom stereocenters. The van der Waals surface area contributed by atoms with E-state index in [-0.39, 0.29) is 11.9 Å². The highest BCUT2D eigenvalue weighted by atomic mass is 32.1. The zero-order valence-corrected chi connectivity index (χ0v) is 18.6. The summed E-state index contributed by atoms with van der Waals surface area (Å²) in [5.41, 5.74) is 3.78. The average molecular weight is 447 g/mol. The zero-order chi connectivity index (χ0) is 22.1. The van der Waals surface area contributed by atoms with Gasteiger partial charge in [-0.25, -0.2) is 14.4 Å². The second-order valence-corrected chi connectivity index (χ2v) is 9.01. The van der Waals surface area contributed by atoms with Gasteiger partial charge >= 0.3 is 0 Å². The first-order valence-electron chi connectivity index (χ1n) is 10.7. The van der Waals surface area contributed by atoms with Crippen LogP contribution in [0, 0.1) is 17.1 Å². The molecule has 4 aromatic rings. The van der Waals surface area contributed by atoms with Gasteiger partial charge in [-0.3, -0.25) is 4.90 Å². The van der Waals surface area contributed by atoms with Gasteiger partial charge in [0, 0.05) is 42.3 Å². The van der Waals surface area contributed by atoms with Crippen LogP contribution in [-0.2, 0) is 13.6 Å². The van der Waals surface area contributed by atoms with Crippen molar-refractivity contribution in [1.82, 2.24) is 19.4 Å². The number of hydrogen-bond donors (Lipinski definition) is 1. The van der Waals surface area contributed by atoms with Gasteiger partial charge in [0.05, 0.1) is 23.4 Å². The predicted molar refractivity (Wildman–Crippen MR) is 124 cm³/mol. The van der Waals surface area contributed by atoms with Gasteiger partial charge in [0.15, 0.2) is 5.13 Å². The van der Waals surface area contributed by atoms with Crippen molar-refractivity contribution in [1.29, 1.82) is 5.26 Å². The van der Waals surface area contributed by atoms with Crippen LogP contribution in [0.4, 0.5) is 15.3 Å². The number of likely N-dealkylation sites (tertiary alicyclic amines) is 1. The van der Waals surface area contributed by atoms with Crippen molar-refractivity contribution < 1.29 is 4.39 Å². The highest BCUT2D eigenvalue weighted by Gasteiger charge is 2.27. The summed E-state index contributed by atoms with van der Waals surface area (Å²) >= 11 is 1.54. The Labute approximate surface area is 190 Å². The number of aromatic nitrogens is 3. The minimum atomic E-state index is -0.204. The lowest BCUT2D eigenvalue weighted by molar-refractivity contribution is 0.138. The number of anilines is 2. The Morgan fingerprint density at radius 1 is 1.28 bits per heavy atom. The van der Waals surface area contributed by atoms with Crippen LogP contribution in [0.1, 0.15) is 42.1 Å². The van der Waals surface area contributed by atoms with E-state index in [0.717, 1.165) is 59.6 Å². The van der Waals surface area contributed by atoms with Crippen molar-refractivity contribution >= 4 is 33.2 Å². The molecule has 1 saturated heterocycles. The fraction of sp³-hybridized carbons (Fsp3) is 0.292. The van der Waals surface area contributed by atoms with Crippen molar-refractivity contribution in [2.24, 2.45) is 7.05 Å². The molecule has 0 bridgehead atoms. The molecule has 0 spiro atoms. The first-order valence-corrected chi connectivity index (χ1v) is 11.5. The molecule has 0 saturated carbocycles. The van der Waals surface area contributed by atoms with Gasteiger partial charge in [-0.15, -0.1) is 11.3 Å². The number of aryl methyl sites for hydroxylation is 1. The minimum Gasteiger partial charge on any atom is -0.350 e. The van der Waals surface area contributed by atoms with Crippen molar-refractivity contribution in [3.8, 4) is 6.07 Å². The van der Waals surface area contributed by atoms with Crippen LogP contribution in [0.15, 0.2) is 48.1 Å². The van der Waals surface area contributed by atoms with E-state index >= 15 is 0 Å². The van der Waals surface area contributed by atoms with Gasteiger partial charge in [0.25, 0.3) is 0 Å². The lowest BCUT2D eigenvalue weighted by Crippen LogP contribution is -2.33. The molecule has 6 nitrogen and oxygen atoms in total. The highest BCUT2D eigenvalue weighted by molar-refractivity contribution is 7.13. The summed E-state index contributed by atoms with van der Waals surface area (Å²) < 4.78 is 16.0. The van der Waals surface area contributed by atoms with E-state index < -0.39 is 0 Å². The van der Waals surface area contributed by atoms with Crippen LogP contribution < -0.4 is 5.32 Å². The third kappa shape index (κ3) is 4.09. The number of nitrogens with one attached hydrogen (secondary N) is 1. The first-order chi connectivity index (χ1) is 15.6. The predicted octanol–water partition coefficient (Wildman–Crippen LogP) is 5.51. The van der Waals surface area contributed by atoms with Crippen LogP contribution in [-0.4, -0.2) is 26.0 Å². The number of fused-ring (bicyclic) bond motifs is 1. The summed E-state index contributed by atoms with van der Waals surface area (Å²) in [5.74, 6) is 0.410. The lowest BCUT2D eigenvalue weighted by Gasteiger charge is -2.34. The van der Waals surface area contributed by atoms with Crippen LogP contribution in [0.3, 0.4) is 0 Å². The van der Waals surface area contributed by atoms with Crippen LogP contribution in [0.2, 0.25) is 0 Å². The molecule has 4 heterocycles. The van der Waals surface area contributed by atoms with E-state index in [1.54, 1.807) is 35.7 Å². The van der Waals surface area contributed by atoms with Gasteiger partial charge in [0.2, 0.25) is 0 Å². The first kappa shape index (κ1) is 20.6. The highest BCUT2D eigenvalue weighted by Crippen LogP contribution is 2.35. The number of nitrogens with zero attached hydrogens (tertiary/aromatic N) is 5. The van der Waals surface area contributed by atoms with E-state index in [0.29, 0.717) is 11.4 Å². The van der Waals surface area contributed by atoms with E-state index in [2.05, 4.69) is 37.4 Å². The Kier molecular flexibility index (Phi) is 5.60. The molecule has 3 aromatic heterocycles. The van der Waals surface area contributed by atoms with Gasteiger partial charge < -0.3 is 9.88 Å². The molecule has 0 aliphatic carbocycles. The van der Waals surface area contributed by atoms with E-state index in [4.69, 9.17) is 10.2 Å². The van der Waals surface area contributed by atoms with Crippen molar-refractivity contribution in [3.63, 3.8) is 0 Å². The molecule has 1 fully saturated rings. The van der Waals surface area contributed by atoms with Gasteiger partial charge in [-0.2, -0.15) is 5.26 Å². The SMILES string of the molecule is Cn1cc(CN2CCCC[C@H]2c2csc(Nc3cc(C#N)ccn3)n2)c2cc(F)ccc21. The molecular formula is C24H23FN6S. The molecule has 0 amide bonds. The minimum absolute atomic E-state index is 0.204. The summed E-state index contributed by atoms with van der Waals surface area (Å²) in [6.45, 7) is 1.75. The normalized spacial score (nSPS) is 16.8. The topological polar surface area (TPSA) is 69.8 Å². The second-order valence-electron chi connectivity index (χ2n) is 8.15. The quantitative estimate of drug-likeness (QED) is 0.438. The lowest BCUT2D eigenvalue weighted by atomic mass is 9.99. The number of thiazole rings is 1. The molecule has 1 N–H and O–H groups in total. The van der Waals surface area contributed by atoms with Gasteiger partial charge in [-0.05, 0) is 55.3 Å². The zero-order valence-electron chi connectivity index (χ0n) is 17.8. The number of nitriles is 1. The van der Waals surface area contributed by atoms with Crippen molar-refractivity contribution in [3.05, 3.63) is 70.7 Å². The summed E-state index contributed by atoms with van der Waals surface area (Å²) in [5, 5.41) is 16.1. The number of hydrogen-bond acceptors (Lipinski definition) is 6. The maximum atomic E-state index is 13.9. The molecule has 1 aliphatic heterocycles. The second kappa shape index (κ2) is 8.69. The van der Waals surface area contributed by atoms with E-state index in [9.17, 15) is 4.39 Å². The smallest absolute Gasteiger partial charge is 0.188 e. The third-order valence-electron chi connectivity index (χ3n) is 6.01. The average Bonchev–Trinajstić information content (AvgIpc) is 3.38. The summed E-state index contributed by atoms with van der Waals surface area (Å²) in [6.07, 6.45) is 7.08. The summed E-state index contributed by atoms with van der Waals surface area (Å²) in [6, 6.07) is 10.7. The van der Waals surface area contributed by atoms with Gasteiger partial charge in [0.1, 0.15) is 11.6 Å². The van der Waals surface area contributed by atoms with Crippen LogP contribution in [0.25, 0.3) is 10.9 Å². The molecule has 1 aromatic carbocycles. The molecule has 0 radical (unpaired) electrons.